The zero-order valence-corrected chi connectivity index (χ0v) is 14.8. The molecule has 7 nitrogen and oxygen atoms in total. The lowest BCUT2D eigenvalue weighted by Gasteiger charge is -2.03. The molecule has 3 aromatic rings. The summed E-state index contributed by atoms with van der Waals surface area (Å²) in [4.78, 5) is 25.5. The predicted octanol–water partition coefficient (Wildman–Crippen LogP) is 3.46. The lowest BCUT2D eigenvalue weighted by molar-refractivity contribution is -0.384. The number of aromatic nitrogens is 1. The van der Waals surface area contributed by atoms with E-state index < -0.39 is 4.92 Å². The summed E-state index contributed by atoms with van der Waals surface area (Å²) in [5.41, 5.74) is 2.70. The van der Waals surface area contributed by atoms with Crippen molar-refractivity contribution in [2.45, 2.75) is 6.42 Å². The van der Waals surface area contributed by atoms with Crippen LogP contribution >= 0.6 is 0 Å². The van der Waals surface area contributed by atoms with E-state index >= 15 is 0 Å². The number of nitrogens with zero attached hydrogens (tertiary/aromatic N) is 1. The second-order valence-electron chi connectivity index (χ2n) is 5.95. The third-order valence-electron chi connectivity index (χ3n) is 4.18. The second-order valence-corrected chi connectivity index (χ2v) is 5.95. The molecule has 1 amide bonds. The highest BCUT2D eigenvalue weighted by atomic mass is 16.6. The van der Waals surface area contributed by atoms with Crippen LogP contribution in [0.1, 0.15) is 11.1 Å². The average Bonchev–Trinajstić information content (AvgIpc) is 3.08. The van der Waals surface area contributed by atoms with Crippen LogP contribution in [0.25, 0.3) is 17.0 Å². The molecular formula is C20H19N3O4. The van der Waals surface area contributed by atoms with Gasteiger partial charge in [-0.1, -0.05) is 12.1 Å². The number of H-pyrrole nitrogens is 1. The molecule has 0 saturated heterocycles. The van der Waals surface area contributed by atoms with Crippen molar-refractivity contribution in [3.63, 3.8) is 0 Å². The van der Waals surface area contributed by atoms with Crippen molar-refractivity contribution < 1.29 is 14.5 Å². The Hall–Kier alpha value is -3.61. The minimum Gasteiger partial charge on any atom is -0.497 e. The summed E-state index contributed by atoms with van der Waals surface area (Å²) in [5.74, 6) is 0.534. The molecule has 2 N–H and O–H groups in total. The van der Waals surface area contributed by atoms with Gasteiger partial charge in [0.2, 0.25) is 5.91 Å². The molecule has 0 aliphatic rings. The van der Waals surface area contributed by atoms with E-state index in [1.165, 1.54) is 18.2 Å². The first-order valence-electron chi connectivity index (χ1n) is 8.41. The fraction of sp³-hybridized carbons (Fsp3) is 0.150. The van der Waals surface area contributed by atoms with Crippen molar-refractivity contribution >= 4 is 28.6 Å². The SMILES string of the molecule is COc1ccc2[nH]cc(CCNC(=O)/C=C/c3cccc([N+](=O)[O-])c3)c2c1. The molecule has 138 valence electrons. The Kier molecular flexibility index (Phi) is 5.51. The number of nitrogens with one attached hydrogen (secondary N) is 2. The number of carbonyl (C=O) groups excluding carboxylic acids is 1. The summed E-state index contributed by atoms with van der Waals surface area (Å²) in [7, 11) is 1.63. The lowest BCUT2D eigenvalue weighted by Crippen LogP contribution is -2.23. The van der Waals surface area contributed by atoms with Crippen molar-refractivity contribution in [3.05, 3.63) is 76.0 Å². The minimum absolute atomic E-state index is 0.00711. The van der Waals surface area contributed by atoms with E-state index in [9.17, 15) is 14.9 Å². The molecule has 0 unspecified atom stereocenters. The van der Waals surface area contributed by atoms with Gasteiger partial charge in [-0.2, -0.15) is 0 Å². The van der Waals surface area contributed by atoms with Crippen LogP contribution < -0.4 is 10.1 Å². The number of nitro groups is 1. The topological polar surface area (TPSA) is 97.3 Å². The van der Waals surface area contributed by atoms with E-state index in [0.717, 1.165) is 22.2 Å². The zero-order chi connectivity index (χ0) is 19.2. The number of fused-ring (bicyclic) bond motifs is 1. The van der Waals surface area contributed by atoms with Gasteiger partial charge in [-0.3, -0.25) is 14.9 Å². The summed E-state index contributed by atoms with van der Waals surface area (Å²) in [5, 5.41) is 14.7. The predicted molar refractivity (Wildman–Crippen MR) is 104 cm³/mol. The van der Waals surface area contributed by atoms with E-state index in [1.54, 1.807) is 25.3 Å². The van der Waals surface area contributed by atoms with Gasteiger partial charge in [0, 0.05) is 41.9 Å². The quantitative estimate of drug-likeness (QED) is 0.381. The first-order chi connectivity index (χ1) is 13.1. The molecule has 27 heavy (non-hydrogen) atoms. The number of hydrogen-bond donors (Lipinski definition) is 2. The molecule has 0 fully saturated rings. The lowest BCUT2D eigenvalue weighted by atomic mass is 10.1. The van der Waals surface area contributed by atoms with Crippen LogP contribution in [0.3, 0.4) is 0 Å². The van der Waals surface area contributed by atoms with Crippen LogP contribution in [0.15, 0.2) is 54.7 Å². The molecular weight excluding hydrogens is 346 g/mol. The normalized spacial score (nSPS) is 11.0. The van der Waals surface area contributed by atoms with E-state index in [1.807, 2.05) is 24.4 Å². The maximum Gasteiger partial charge on any atom is 0.270 e. The van der Waals surface area contributed by atoms with Crippen LogP contribution in [0.2, 0.25) is 0 Å². The van der Waals surface area contributed by atoms with Crippen molar-refractivity contribution in [2.24, 2.45) is 0 Å². The number of non-ortho nitro benzene ring substituents is 1. The molecule has 0 aliphatic heterocycles. The molecule has 0 spiro atoms. The van der Waals surface area contributed by atoms with Gasteiger partial charge in [0.1, 0.15) is 5.75 Å². The third-order valence-corrected chi connectivity index (χ3v) is 4.18. The van der Waals surface area contributed by atoms with Crippen LogP contribution in [0, 0.1) is 10.1 Å². The van der Waals surface area contributed by atoms with Gasteiger partial charge in [-0.15, -0.1) is 0 Å². The van der Waals surface area contributed by atoms with Crippen molar-refractivity contribution in [2.75, 3.05) is 13.7 Å². The number of methoxy groups -OCH3 is 1. The van der Waals surface area contributed by atoms with Crippen LogP contribution in [0.5, 0.6) is 5.75 Å². The number of ether oxygens (including phenoxy) is 1. The Morgan fingerprint density at radius 1 is 1.30 bits per heavy atom. The summed E-state index contributed by atoms with van der Waals surface area (Å²) in [6, 6.07) is 11.9. The summed E-state index contributed by atoms with van der Waals surface area (Å²) in [6.07, 6.45) is 5.52. The molecule has 0 aliphatic carbocycles. The number of aromatic amines is 1. The number of nitro benzene ring substituents is 1. The Balaban J connectivity index is 1.57. The molecule has 7 heteroatoms. The Morgan fingerprint density at radius 3 is 2.93 bits per heavy atom. The van der Waals surface area contributed by atoms with Gasteiger partial charge in [-0.05, 0) is 41.8 Å². The summed E-state index contributed by atoms with van der Waals surface area (Å²) in [6.45, 7) is 0.474. The highest BCUT2D eigenvalue weighted by molar-refractivity contribution is 5.92. The third kappa shape index (κ3) is 4.52. The Labute approximate surface area is 155 Å². The van der Waals surface area contributed by atoms with Gasteiger partial charge in [0.15, 0.2) is 0 Å². The van der Waals surface area contributed by atoms with Crippen LogP contribution in [-0.2, 0) is 11.2 Å². The van der Waals surface area contributed by atoms with Crippen molar-refractivity contribution in [1.82, 2.24) is 10.3 Å². The smallest absolute Gasteiger partial charge is 0.270 e. The molecule has 3 rings (SSSR count). The van der Waals surface area contributed by atoms with Gasteiger partial charge >= 0.3 is 0 Å². The average molecular weight is 365 g/mol. The maximum atomic E-state index is 12.0. The van der Waals surface area contributed by atoms with Crippen LogP contribution in [-0.4, -0.2) is 29.5 Å². The fourth-order valence-corrected chi connectivity index (χ4v) is 2.78. The largest absolute Gasteiger partial charge is 0.497 e. The molecule has 1 aromatic heterocycles. The highest BCUT2D eigenvalue weighted by Gasteiger charge is 2.06. The fourth-order valence-electron chi connectivity index (χ4n) is 2.78. The van der Waals surface area contributed by atoms with Gasteiger partial charge in [0.25, 0.3) is 5.69 Å². The monoisotopic (exact) mass is 365 g/mol. The Morgan fingerprint density at radius 2 is 2.15 bits per heavy atom. The minimum atomic E-state index is -0.465. The second kappa shape index (κ2) is 8.18. The highest BCUT2D eigenvalue weighted by Crippen LogP contribution is 2.23. The summed E-state index contributed by atoms with van der Waals surface area (Å²) >= 11 is 0. The zero-order valence-electron chi connectivity index (χ0n) is 14.8. The summed E-state index contributed by atoms with van der Waals surface area (Å²) < 4.78 is 5.25. The number of hydrogen-bond acceptors (Lipinski definition) is 4. The van der Waals surface area contributed by atoms with Crippen molar-refractivity contribution in [1.29, 1.82) is 0 Å². The number of benzene rings is 2. The van der Waals surface area contributed by atoms with E-state index in [-0.39, 0.29) is 11.6 Å². The van der Waals surface area contributed by atoms with E-state index in [0.29, 0.717) is 18.5 Å². The number of carbonyl (C=O) groups is 1. The molecule has 0 atom stereocenters. The Bertz CT molecular complexity index is 1010. The van der Waals surface area contributed by atoms with Crippen LogP contribution in [0.4, 0.5) is 5.69 Å². The molecule has 0 bridgehead atoms. The first-order valence-corrected chi connectivity index (χ1v) is 8.41. The number of amides is 1. The molecule has 0 radical (unpaired) electrons. The van der Waals surface area contributed by atoms with Gasteiger partial charge < -0.3 is 15.0 Å². The van der Waals surface area contributed by atoms with Crippen molar-refractivity contribution in [3.8, 4) is 5.75 Å². The molecule has 0 saturated carbocycles. The molecule has 2 aromatic carbocycles. The van der Waals surface area contributed by atoms with Gasteiger partial charge in [0.05, 0.1) is 12.0 Å². The van der Waals surface area contributed by atoms with Gasteiger partial charge in [-0.25, -0.2) is 0 Å². The number of rotatable bonds is 7. The molecule has 1 heterocycles. The maximum absolute atomic E-state index is 12.0. The van der Waals surface area contributed by atoms with E-state index in [2.05, 4.69) is 10.3 Å². The standard InChI is InChI=1S/C20H19N3O4/c1-27-17-6-7-19-18(12-17)15(13-22-19)9-10-21-20(24)8-5-14-3-2-4-16(11-14)23(25)26/h2-8,11-13,22H,9-10H2,1H3,(H,21,24)/b8-5+. The first kappa shape index (κ1) is 18.2. The van der Waals surface area contributed by atoms with E-state index in [4.69, 9.17) is 4.74 Å².